The van der Waals surface area contributed by atoms with E-state index in [-0.39, 0.29) is 6.61 Å². The van der Waals surface area contributed by atoms with Gasteiger partial charge in [0, 0.05) is 17.5 Å². The summed E-state index contributed by atoms with van der Waals surface area (Å²) in [6.45, 7) is -0.350. The molecule has 0 unspecified atom stereocenters. The monoisotopic (exact) mass is 427 g/mol. The van der Waals surface area contributed by atoms with Crippen molar-refractivity contribution in [2.45, 2.75) is 12.5 Å². The van der Waals surface area contributed by atoms with Crippen LogP contribution in [0.4, 0.5) is 0 Å². The van der Waals surface area contributed by atoms with Gasteiger partial charge < -0.3 is 19.6 Å². The van der Waals surface area contributed by atoms with Crippen LogP contribution in [0.15, 0.2) is 63.8 Å². The fraction of sp³-hybridized carbons (Fsp3) is 0.227. The summed E-state index contributed by atoms with van der Waals surface area (Å²) in [6, 6.07) is 14.9. The molecule has 1 atom stereocenters. The Balaban J connectivity index is 1.74. The van der Waals surface area contributed by atoms with Crippen LogP contribution in [0.1, 0.15) is 6.42 Å². The number of carbonyl (C=O) groups excluding carboxylic acids is 1. The highest BCUT2D eigenvalue weighted by molar-refractivity contribution is 7.98. The van der Waals surface area contributed by atoms with Crippen molar-refractivity contribution in [1.82, 2.24) is 5.32 Å². The van der Waals surface area contributed by atoms with Crippen molar-refractivity contribution < 1.29 is 23.8 Å². The molecule has 0 saturated carbocycles. The highest BCUT2D eigenvalue weighted by Gasteiger charge is 2.19. The molecule has 2 aromatic carbocycles. The molecule has 0 radical (unpaired) electrons. The number of carboxylic acids is 1. The zero-order valence-corrected chi connectivity index (χ0v) is 17.1. The number of ether oxygens (including phenoxy) is 1. The van der Waals surface area contributed by atoms with Crippen LogP contribution in [-0.2, 0) is 9.59 Å². The zero-order chi connectivity index (χ0) is 21.5. The third-order valence-electron chi connectivity index (χ3n) is 4.41. The van der Waals surface area contributed by atoms with Gasteiger partial charge in [-0.3, -0.25) is 4.79 Å². The van der Waals surface area contributed by atoms with Crippen LogP contribution in [0.2, 0.25) is 0 Å². The average molecular weight is 427 g/mol. The fourth-order valence-electron chi connectivity index (χ4n) is 2.97. The van der Waals surface area contributed by atoms with Crippen molar-refractivity contribution >= 4 is 34.6 Å². The molecule has 2 N–H and O–H groups in total. The van der Waals surface area contributed by atoms with Gasteiger partial charge in [0.2, 0.25) is 0 Å². The summed E-state index contributed by atoms with van der Waals surface area (Å²) < 4.78 is 10.8. The second-order valence-corrected chi connectivity index (χ2v) is 7.52. The van der Waals surface area contributed by atoms with E-state index in [0.717, 1.165) is 16.5 Å². The van der Waals surface area contributed by atoms with Crippen LogP contribution in [0.5, 0.6) is 5.75 Å². The second-order valence-electron chi connectivity index (χ2n) is 6.53. The number of benzene rings is 2. The van der Waals surface area contributed by atoms with E-state index in [9.17, 15) is 19.5 Å². The number of amides is 1. The number of hydrogen-bond donors (Lipinski definition) is 2. The Morgan fingerprint density at radius 2 is 1.93 bits per heavy atom. The highest BCUT2D eigenvalue weighted by Crippen LogP contribution is 2.29. The van der Waals surface area contributed by atoms with Gasteiger partial charge in [-0.05, 0) is 41.7 Å². The molecular formula is C22H21NO6S. The molecule has 0 aliphatic rings. The largest absolute Gasteiger partial charge is 0.484 e. The van der Waals surface area contributed by atoms with Crippen molar-refractivity contribution in [3.05, 3.63) is 65.0 Å². The lowest BCUT2D eigenvalue weighted by molar-refractivity contribution is -0.142. The van der Waals surface area contributed by atoms with E-state index >= 15 is 0 Å². The number of hydrogen-bond acceptors (Lipinski definition) is 6. The molecule has 156 valence electrons. The van der Waals surface area contributed by atoms with E-state index in [2.05, 4.69) is 5.32 Å². The van der Waals surface area contributed by atoms with Gasteiger partial charge in [-0.2, -0.15) is 11.8 Å². The molecule has 1 aromatic heterocycles. The van der Waals surface area contributed by atoms with E-state index in [1.807, 2.05) is 36.6 Å². The lowest BCUT2D eigenvalue weighted by atomic mass is 10.0. The predicted octanol–water partition coefficient (Wildman–Crippen LogP) is 3.16. The van der Waals surface area contributed by atoms with E-state index in [0.29, 0.717) is 23.5 Å². The van der Waals surface area contributed by atoms with Crippen molar-refractivity contribution in [2.75, 3.05) is 18.6 Å². The Hall–Kier alpha value is -3.26. The van der Waals surface area contributed by atoms with Crippen LogP contribution in [0.25, 0.3) is 22.1 Å². The topological polar surface area (TPSA) is 106 Å². The van der Waals surface area contributed by atoms with E-state index in [4.69, 9.17) is 9.15 Å². The smallest absolute Gasteiger partial charge is 0.336 e. The SMILES string of the molecule is CSCC[C@@H](NC(=O)COc1ccc2c(-c3ccccc3)cc(=O)oc2c1)C(=O)O. The predicted molar refractivity (Wildman–Crippen MR) is 116 cm³/mol. The molecule has 0 saturated heterocycles. The molecule has 7 nitrogen and oxygen atoms in total. The van der Waals surface area contributed by atoms with Gasteiger partial charge in [0.25, 0.3) is 5.91 Å². The molecular weight excluding hydrogens is 406 g/mol. The minimum atomic E-state index is -1.08. The van der Waals surface area contributed by atoms with Gasteiger partial charge in [-0.25, -0.2) is 9.59 Å². The summed E-state index contributed by atoms with van der Waals surface area (Å²) in [5.74, 6) is -0.672. The highest BCUT2D eigenvalue weighted by atomic mass is 32.2. The summed E-state index contributed by atoms with van der Waals surface area (Å²) in [6.07, 6.45) is 2.19. The summed E-state index contributed by atoms with van der Waals surface area (Å²) in [7, 11) is 0. The summed E-state index contributed by atoms with van der Waals surface area (Å²) in [5.41, 5.74) is 1.47. The standard InChI is InChI=1S/C22H21NO6S/c1-30-10-9-18(22(26)27)23-20(24)13-28-15-7-8-16-17(14-5-3-2-4-6-14)12-21(25)29-19(16)11-15/h2-8,11-12,18H,9-10,13H2,1H3,(H,23,24)(H,26,27)/t18-/m1/s1. The number of thioether (sulfide) groups is 1. The number of rotatable bonds is 9. The zero-order valence-electron chi connectivity index (χ0n) is 16.3. The van der Waals surface area contributed by atoms with Crippen LogP contribution in [0, 0.1) is 0 Å². The average Bonchev–Trinajstić information content (AvgIpc) is 2.74. The van der Waals surface area contributed by atoms with Crippen LogP contribution in [-0.4, -0.2) is 41.6 Å². The van der Waals surface area contributed by atoms with E-state index < -0.39 is 23.5 Å². The molecule has 3 rings (SSSR count). The molecule has 3 aromatic rings. The molecule has 1 heterocycles. The number of carbonyl (C=O) groups is 2. The first-order valence-electron chi connectivity index (χ1n) is 9.25. The fourth-order valence-corrected chi connectivity index (χ4v) is 3.44. The minimum absolute atomic E-state index is 0.325. The first-order valence-corrected chi connectivity index (χ1v) is 10.6. The number of nitrogens with one attached hydrogen (secondary N) is 1. The maximum absolute atomic E-state index is 12.1. The molecule has 0 bridgehead atoms. The lowest BCUT2D eigenvalue weighted by Crippen LogP contribution is -2.43. The maximum Gasteiger partial charge on any atom is 0.336 e. The molecule has 0 spiro atoms. The van der Waals surface area contributed by atoms with Crippen LogP contribution < -0.4 is 15.7 Å². The van der Waals surface area contributed by atoms with Gasteiger partial charge in [-0.15, -0.1) is 0 Å². The number of carboxylic acid groups (broad SMARTS) is 1. The lowest BCUT2D eigenvalue weighted by Gasteiger charge is -2.14. The number of fused-ring (bicyclic) bond motifs is 1. The third-order valence-corrected chi connectivity index (χ3v) is 5.06. The van der Waals surface area contributed by atoms with Gasteiger partial charge in [0.1, 0.15) is 17.4 Å². The quantitative estimate of drug-likeness (QED) is 0.505. The van der Waals surface area contributed by atoms with E-state index in [1.165, 1.54) is 17.8 Å². The Morgan fingerprint density at radius 1 is 1.17 bits per heavy atom. The van der Waals surface area contributed by atoms with Crippen LogP contribution in [0.3, 0.4) is 0 Å². The molecule has 8 heteroatoms. The Kier molecular flexibility index (Phi) is 7.13. The van der Waals surface area contributed by atoms with Gasteiger partial charge in [0.15, 0.2) is 6.61 Å². The minimum Gasteiger partial charge on any atom is -0.484 e. The van der Waals surface area contributed by atoms with Gasteiger partial charge >= 0.3 is 11.6 Å². The maximum atomic E-state index is 12.1. The Bertz CT molecular complexity index is 1100. The second kappa shape index (κ2) is 9.98. The summed E-state index contributed by atoms with van der Waals surface area (Å²) >= 11 is 1.50. The Labute approximate surface area is 177 Å². The Morgan fingerprint density at radius 3 is 2.63 bits per heavy atom. The van der Waals surface area contributed by atoms with Crippen molar-refractivity contribution in [2.24, 2.45) is 0 Å². The molecule has 0 aliphatic heterocycles. The number of aliphatic carboxylic acids is 1. The summed E-state index contributed by atoms with van der Waals surface area (Å²) in [5, 5.41) is 12.4. The first kappa shape index (κ1) is 21.4. The normalized spacial score (nSPS) is 11.8. The third kappa shape index (κ3) is 5.42. The first-order chi connectivity index (χ1) is 14.5. The van der Waals surface area contributed by atoms with Crippen molar-refractivity contribution in [3.8, 4) is 16.9 Å². The molecule has 0 aliphatic carbocycles. The molecule has 30 heavy (non-hydrogen) atoms. The van der Waals surface area contributed by atoms with Crippen molar-refractivity contribution in [3.63, 3.8) is 0 Å². The van der Waals surface area contributed by atoms with Crippen molar-refractivity contribution in [1.29, 1.82) is 0 Å². The molecule has 1 amide bonds. The van der Waals surface area contributed by atoms with E-state index in [1.54, 1.807) is 18.2 Å². The van der Waals surface area contributed by atoms with Gasteiger partial charge in [-0.1, -0.05) is 30.3 Å². The van der Waals surface area contributed by atoms with Gasteiger partial charge in [0.05, 0.1) is 0 Å². The summed E-state index contributed by atoms with van der Waals surface area (Å²) in [4.78, 5) is 35.3. The van der Waals surface area contributed by atoms with Crippen LogP contribution >= 0.6 is 11.8 Å². The molecule has 0 fully saturated rings.